The molecule has 1 rings (SSSR count). The van der Waals surface area contributed by atoms with Gasteiger partial charge in [0.2, 0.25) is 8.03 Å². The summed E-state index contributed by atoms with van der Waals surface area (Å²) in [7, 11) is -2.62. The minimum absolute atomic E-state index is 0.629. The molecule has 0 fully saturated rings. The van der Waals surface area contributed by atoms with Crippen LogP contribution in [-0.2, 0) is 17.4 Å². The molecular formula is C23H41O2P. The van der Waals surface area contributed by atoms with E-state index in [0.717, 1.165) is 24.8 Å². The zero-order chi connectivity index (χ0) is 19.2. The molecule has 150 valence electrons. The van der Waals surface area contributed by atoms with Crippen LogP contribution in [0.3, 0.4) is 0 Å². The fraction of sp³-hybridized carbons (Fsp3) is 0.739. The number of unbranched alkanes of at least 4 members (excludes halogenated alkanes) is 7. The quantitative estimate of drug-likeness (QED) is 0.267. The molecular weight excluding hydrogens is 339 g/mol. The van der Waals surface area contributed by atoms with Gasteiger partial charge in [0, 0.05) is 5.30 Å². The third-order valence-corrected chi connectivity index (χ3v) is 6.47. The molecule has 1 aromatic rings. The van der Waals surface area contributed by atoms with Crippen LogP contribution in [0.15, 0.2) is 18.2 Å². The van der Waals surface area contributed by atoms with E-state index >= 15 is 0 Å². The molecule has 0 aliphatic rings. The minimum Gasteiger partial charge on any atom is -0.343 e. The van der Waals surface area contributed by atoms with E-state index in [4.69, 9.17) is 0 Å². The van der Waals surface area contributed by atoms with Gasteiger partial charge in [0.15, 0.2) is 0 Å². The SMILES string of the molecule is CCCCCCCCCc1ccc([PH](=O)O)c(CC(CC)CCCC)c1. The van der Waals surface area contributed by atoms with Crippen molar-refractivity contribution in [3.05, 3.63) is 29.3 Å². The molecule has 0 bridgehead atoms. The summed E-state index contributed by atoms with van der Waals surface area (Å²) in [5, 5.41) is 0.688. The molecule has 0 radical (unpaired) electrons. The predicted octanol–water partition coefficient (Wildman–Crippen LogP) is 6.83. The lowest BCUT2D eigenvalue weighted by Gasteiger charge is -2.17. The zero-order valence-electron chi connectivity index (χ0n) is 17.4. The van der Waals surface area contributed by atoms with Crippen LogP contribution in [0.1, 0.15) is 103 Å². The standard InChI is InChI=1S/C23H41O2P/c1-4-7-9-10-11-12-13-15-21-16-17-23(26(24)25)22(19-21)18-20(6-3)14-8-5-2/h16-17,19-20,26H,4-15,18H2,1-3H3,(H,24,25). The Morgan fingerprint density at radius 1 is 0.923 bits per heavy atom. The van der Waals surface area contributed by atoms with Crippen LogP contribution in [0, 0.1) is 5.92 Å². The predicted molar refractivity (Wildman–Crippen MR) is 116 cm³/mol. The summed E-state index contributed by atoms with van der Waals surface area (Å²) in [5.41, 5.74) is 2.46. The molecule has 0 amide bonds. The second-order valence-corrected chi connectivity index (χ2v) is 8.94. The molecule has 1 N–H and O–H groups in total. The van der Waals surface area contributed by atoms with Gasteiger partial charge in [0.1, 0.15) is 0 Å². The number of hydrogen-bond donors (Lipinski definition) is 1. The lowest BCUT2D eigenvalue weighted by atomic mass is 9.91. The topological polar surface area (TPSA) is 37.3 Å². The van der Waals surface area contributed by atoms with Crippen molar-refractivity contribution < 1.29 is 9.46 Å². The molecule has 0 saturated carbocycles. The monoisotopic (exact) mass is 380 g/mol. The van der Waals surface area contributed by atoms with Crippen LogP contribution in [0.25, 0.3) is 0 Å². The Hall–Kier alpha value is -0.590. The van der Waals surface area contributed by atoms with Crippen LogP contribution >= 0.6 is 8.03 Å². The smallest absolute Gasteiger partial charge is 0.218 e. The lowest BCUT2D eigenvalue weighted by molar-refractivity contribution is 0.449. The van der Waals surface area contributed by atoms with Crippen LogP contribution in [-0.4, -0.2) is 4.89 Å². The van der Waals surface area contributed by atoms with E-state index in [-0.39, 0.29) is 0 Å². The maximum absolute atomic E-state index is 11.8. The highest BCUT2D eigenvalue weighted by Crippen LogP contribution is 2.24. The van der Waals surface area contributed by atoms with Crippen LogP contribution in [0.4, 0.5) is 0 Å². The highest BCUT2D eigenvalue weighted by atomic mass is 31.1. The van der Waals surface area contributed by atoms with Gasteiger partial charge in [-0.1, -0.05) is 97.1 Å². The van der Waals surface area contributed by atoms with E-state index in [1.807, 2.05) is 6.07 Å². The first-order valence-electron chi connectivity index (χ1n) is 11.0. The van der Waals surface area contributed by atoms with Gasteiger partial charge < -0.3 is 4.89 Å². The van der Waals surface area contributed by atoms with E-state index in [9.17, 15) is 9.46 Å². The Morgan fingerprint density at radius 2 is 1.58 bits per heavy atom. The lowest BCUT2D eigenvalue weighted by Crippen LogP contribution is -2.12. The van der Waals surface area contributed by atoms with Crippen molar-refractivity contribution in [2.75, 3.05) is 0 Å². The number of aryl methyl sites for hydroxylation is 1. The van der Waals surface area contributed by atoms with E-state index in [0.29, 0.717) is 11.2 Å². The Bertz CT molecular complexity index is 513. The molecule has 1 aromatic carbocycles. The Morgan fingerprint density at radius 3 is 2.19 bits per heavy atom. The summed E-state index contributed by atoms with van der Waals surface area (Å²) in [5.74, 6) is 0.629. The van der Waals surface area contributed by atoms with E-state index in [1.54, 1.807) is 0 Å². The van der Waals surface area contributed by atoms with E-state index in [2.05, 4.69) is 32.9 Å². The van der Waals surface area contributed by atoms with Crippen LogP contribution in [0.2, 0.25) is 0 Å². The Labute approximate surface area is 162 Å². The first-order valence-corrected chi connectivity index (χ1v) is 12.3. The highest BCUT2D eigenvalue weighted by molar-refractivity contribution is 7.47. The van der Waals surface area contributed by atoms with Gasteiger partial charge in [-0.25, -0.2) is 0 Å². The molecule has 2 nitrogen and oxygen atoms in total. The van der Waals surface area contributed by atoms with E-state index < -0.39 is 8.03 Å². The number of rotatable bonds is 15. The Balaban J connectivity index is 2.61. The molecule has 0 aromatic heterocycles. The van der Waals surface area contributed by atoms with Gasteiger partial charge in [-0.05, 0) is 42.4 Å². The van der Waals surface area contributed by atoms with Gasteiger partial charge in [-0.15, -0.1) is 0 Å². The van der Waals surface area contributed by atoms with Crippen LogP contribution < -0.4 is 5.30 Å². The molecule has 2 atom stereocenters. The normalized spacial score (nSPS) is 13.7. The van der Waals surface area contributed by atoms with Gasteiger partial charge in [-0.2, -0.15) is 0 Å². The van der Waals surface area contributed by atoms with Crippen molar-refractivity contribution in [2.24, 2.45) is 5.92 Å². The summed E-state index contributed by atoms with van der Waals surface area (Å²) in [6, 6.07) is 6.21. The second-order valence-electron chi connectivity index (χ2n) is 7.79. The molecule has 2 unspecified atom stereocenters. The first kappa shape index (κ1) is 23.4. The van der Waals surface area contributed by atoms with Gasteiger partial charge in [-0.3, -0.25) is 4.57 Å². The second kappa shape index (κ2) is 14.5. The molecule has 3 heteroatoms. The fourth-order valence-electron chi connectivity index (χ4n) is 3.72. The molecule has 0 spiro atoms. The van der Waals surface area contributed by atoms with Crippen LogP contribution in [0.5, 0.6) is 0 Å². The summed E-state index contributed by atoms with van der Waals surface area (Å²) < 4.78 is 11.8. The Kier molecular flexibility index (Phi) is 13.0. The number of benzene rings is 1. The van der Waals surface area contributed by atoms with Gasteiger partial charge >= 0.3 is 0 Å². The average Bonchev–Trinajstić information content (AvgIpc) is 2.64. The first-order chi connectivity index (χ1) is 12.6. The molecule has 0 aliphatic heterocycles. The van der Waals surface area contributed by atoms with Crippen molar-refractivity contribution in [3.63, 3.8) is 0 Å². The molecule has 0 saturated heterocycles. The maximum Gasteiger partial charge on any atom is 0.218 e. The summed E-state index contributed by atoms with van der Waals surface area (Å²) in [6.45, 7) is 6.73. The van der Waals surface area contributed by atoms with E-state index in [1.165, 1.54) is 69.8 Å². The van der Waals surface area contributed by atoms with Crippen molar-refractivity contribution in [3.8, 4) is 0 Å². The maximum atomic E-state index is 11.8. The van der Waals surface area contributed by atoms with Crippen molar-refractivity contribution in [2.45, 2.75) is 104 Å². The summed E-state index contributed by atoms with van der Waals surface area (Å²) >= 11 is 0. The molecule has 0 heterocycles. The van der Waals surface area contributed by atoms with Crippen molar-refractivity contribution >= 4 is 13.3 Å². The van der Waals surface area contributed by atoms with Crippen molar-refractivity contribution in [1.82, 2.24) is 0 Å². The summed E-state index contributed by atoms with van der Waals surface area (Å²) in [6.07, 6.45) is 16.2. The average molecular weight is 381 g/mol. The van der Waals surface area contributed by atoms with Gasteiger partial charge in [0.25, 0.3) is 0 Å². The zero-order valence-corrected chi connectivity index (χ0v) is 18.4. The number of hydrogen-bond acceptors (Lipinski definition) is 1. The fourth-order valence-corrected chi connectivity index (χ4v) is 4.40. The third-order valence-electron chi connectivity index (χ3n) is 5.52. The summed E-state index contributed by atoms with van der Waals surface area (Å²) in [4.78, 5) is 9.72. The molecule has 0 aliphatic carbocycles. The highest BCUT2D eigenvalue weighted by Gasteiger charge is 2.13. The largest absolute Gasteiger partial charge is 0.343 e. The molecule has 26 heavy (non-hydrogen) atoms. The third kappa shape index (κ3) is 9.38. The minimum atomic E-state index is -2.62. The van der Waals surface area contributed by atoms with Gasteiger partial charge in [0.05, 0.1) is 0 Å². The van der Waals surface area contributed by atoms with Crippen molar-refractivity contribution in [1.29, 1.82) is 0 Å².